The molecule has 78 valence electrons. The Hall–Kier alpha value is -0.200. The lowest BCUT2D eigenvalue weighted by Gasteiger charge is -2.03. The summed E-state index contributed by atoms with van der Waals surface area (Å²) in [4.78, 5) is 31.0. The zero-order chi connectivity index (χ0) is 10.5. The topological polar surface area (TPSA) is 134 Å². The van der Waals surface area contributed by atoms with Gasteiger partial charge in [-0.05, 0) is 6.08 Å². The Morgan fingerprint density at radius 1 is 1.15 bits per heavy atom. The van der Waals surface area contributed by atoms with Crippen molar-refractivity contribution in [3.63, 3.8) is 0 Å². The summed E-state index contributed by atoms with van der Waals surface area (Å²) in [6, 6.07) is 0. The molecule has 1 heterocycles. The van der Waals surface area contributed by atoms with Crippen LogP contribution in [0.25, 0.3) is 0 Å². The van der Waals surface area contributed by atoms with Crippen molar-refractivity contribution in [2.24, 2.45) is 0 Å². The minimum Gasteiger partial charge on any atom is -0.497 e. The van der Waals surface area contributed by atoms with Gasteiger partial charge in [-0.15, -0.1) is 0 Å². The molecule has 0 spiro atoms. The van der Waals surface area contributed by atoms with E-state index in [4.69, 9.17) is 19.6 Å². The van der Waals surface area contributed by atoms with Crippen LogP contribution in [0, 0.1) is 0 Å². The van der Waals surface area contributed by atoms with E-state index in [-0.39, 0.29) is 0 Å². The molecule has 0 fully saturated rings. The van der Waals surface area contributed by atoms with E-state index in [1.165, 1.54) is 0 Å². The van der Waals surface area contributed by atoms with Crippen LogP contribution < -0.4 is 0 Å². The van der Waals surface area contributed by atoms with Gasteiger partial charge in [0, 0.05) is 0 Å². The van der Waals surface area contributed by atoms with E-state index in [1.807, 2.05) is 6.08 Å². The van der Waals surface area contributed by atoms with Crippen LogP contribution in [0.3, 0.4) is 0 Å². The highest BCUT2D eigenvalue weighted by molar-refractivity contribution is 7.60. The fraction of sp³-hybridized carbons (Fsp3) is 0.333. The van der Waals surface area contributed by atoms with Crippen LogP contribution in [-0.4, -0.2) is 26.2 Å². The minimum atomic E-state index is -5.05. The molecular formula is C3H8O8P2. The molecule has 1 rings (SSSR count). The number of hydrogen-bond acceptors (Lipinski definition) is 4. The Kier molecular flexibility index (Phi) is 4.80. The van der Waals surface area contributed by atoms with Gasteiger partial charge in [0.05, 0.1) is 6.26 Å². The first kappa shape index (κ1) is 12.8. The van der Waals surface area contributed by atoms with Gasteiger partial charge in [-0.1, -0.05) is 0 Å². The first-order valence-electron chi connectivity index (χ1n) is 2.80. The largest absolute Gasteiger partial charge is 0.497 e. The molecule has 0 saturated heterocycles. The predicted octanol–water partition coefficient (Wildman–Crippen LogP) is -0.281. The van der Waals surface area contributed by atoms with Crippen molar-refractivity contribution in [1.82, 2.24) is 0 Å². The molecule has 1 aliphatic rings. The van der Waals surface area contributed by atoms with Crippen LogP contribution >= 0.6 is 15.6 Å². The molecule has 13 heavy (non-hydrogen) atoms. The lowest BCUT2D eigenvalue weighted by Crippen LogP contribution is -1.89. The highest BCUT2D eigenvalue weighted by atomic mass is 31.3. The molecule has 4 N–H and O–H groups in total. The molecule has 0 amide bonds. The van der Waals surface area contributed by atoms with Crippen molar-refractivity contribution in [2.75, 3.05) is 6.61 Å². The van der Waals surface area contributed by atoms with E-state index in [2.05, 4.69) is 9.05 Å². The average Bonchev–Trinajstić information content (AvgIpc) is 1.42. The van der Waals surface area contributed by atoms with E-state index < -0.39 is 15.6 Å². The van der Waals surface area contributed by atoms with Crippen LogP contribution in [0.2, 0.25) is 0 Å². The quantitative estimate of drug-likeness (QED) is 0.479. The van der Waals surface area contributed by atoms with Gasteiger partial charge in [-0.3, -0.25) is 0 Å². The summed E-state index contributed by atoms with van der Waals surface area (Å²) in [6.45, 7) is 0.819. The van der Waals surface area contributed by atoms with E-state index in [0.29, 0.717) is 0 Å². The van der Waals surface area contributed by atoms with Gasteiger partial charge >= 0.3 is 15.6 Å². The van der Waals surface area contributed by atoms with Gasteiger partial charge in [-0.25, -0.2) is 9.13 Å². The molecule has 0 bridgehead atoms. The SMILES string of the molecule is C1=COC1.O=P(O)(O)OP(=O)(O)O. The zero-order valence-electron chi connectivity index (χ0n) is 6.18. The van der Waals surface area contributed by atoms with Crippen LogP contribution in [0.4, 0.5) is 0 Å². The summed E-state index contributed by atoms with van der Waals surface area (Å²) in [5, 5.41) is 0. The number of ether oxygens (including phenoxy) is 1. The molecule has 0 aromatic carbocycles. The van der Waals surface area contributed by atoms with Crippen molar-refractivity contribution < 1.29 is 37.8 Å². The van der Waals surface area contributed by atoms with Crippen molar-refractivity contribution >= 4 is 15.6 Å². The van der Waals surface area contributed by atoms with Gasteiger partial charge < -0.3 is 24.3 Å². The summed E-state index contributed by atoms with van der Waals surface area (Å²) >= 11 is 0. The smallest absolute Gasteiger partial charge is 0.478 e. The highest BCUT2D eigenvalue weighted by Gasteiger charge is 2.27. The maximum absolute atomic E-state index is 9.63. The number of rotatable bonds is 2. The van der Waals surface area contributed by atoms with Crippen molar-refractivity contribution in [3.05, 3.63) is 12.3 Å². The molecule has 0 aromatic heterocycles. The third-order valence-corrected chi connectivity index (χ3v) is 2.30. The Morgan fingerprint density at radius 2 is 1.38 bits per heavy atom. The molecule has 0 atom stereocenters. The van der Waals surface area contributed by atoms with E-state index >= 15 is 0 Å². The summed E-state index contributed by atoms with van der Waals surface area (Å²) in [5.74, 6) is 0. The molecule has 1 aliphatic heterocycles. The molecule has 10 heteroatoms. The van der Waals surface area contributed by atoms with Crippen molar-refractivity contribution in [2.45, 2.75) is 0 Å². The van der Waals surface area contributed by atoms with Gasteiger partial charge in [0.25, 0.3) is 0 Å². The predicted molar refractivity (Wildman–Crippen MR) is 40.3 cm³/mol. The Morgan fingerprint density at radius 3 is 1.38 bits per heavy atom. The second kappa shape index (κ2) is 4.88. The standard InChI is InChI=1S/C3H4O.H4O7P2/c1-2-4-3-1;1-8(2,3)7-9(4,5)6/h1-2H,3H2;(H2,1,2,3)(H2,4,5,6). The third kappa shape index (κ3) is 11.8. The van der Waals surface area contributed by atoms with Gasteiger partial charge in [-0.2, -0.15) is 4.31 Å². The molecular weight excluding hydrogens is 226 g/mol. The molecule has 0 saturated carbocycles. The Bertz CT molecular complexity index is 233. The average molecular weight is 234 g/mol. The molecule has 0 radical (unpaired) electrons. The maximum Gasteiger partial charge on any atom is 0.478 e. The first-order valence-corrected chi connectivity index (χ1v) is 5.86. The fourth-order valence-corrected chi connectivity index (χ4v) is 1.34. The molecule has 0 unspecified atom stereocenters. The van der Waals surface area contributed by atoms with Gasteiger partial charge in [0.2, 0.25) is 0 Å². The molecule has 0 aromatic rings. The lowest BCUT2D eigenvalue weighted by atomic mass is 10.6. The van der Waals surface area contributed by atoms with Crippen molar-refractivity contribution in [1.29, 1.82) is 0 Å². The minimum absolute atomic E-state index is 0.819. The highest BCUT2D eigenvalue weighted by Crippen LogP contribution is 2.53. The van der Waals surface area contributed by atoms with E-state index in [0.717, 1.165) is 6.61 Å². The fourth-order valence-electron chi connectivity index (χ4n) is 0.235. The van der Waals surface area contributed by atoms with Crippen molar-refractivity contribution in [3.8, 4) is 0 Å². The van der Waals surface area contributed by atoms with Crippen LogP contribution in [-0.2, 0) is 18.2 Å². The summed E-state index contributed by atoms with van der Waals surface area (Å²) in [7, 11) is -10.1. The monoisotopic (exact) mass is 234 g/mol. The summed E-state index contributed by atoms with van der Waals surface area (Å²) in [5.41, 5.74) is 0. The van der Waals surface area contributed by atoms with Gasteiger partial charge in [0.1, 0.15) is 6.61 Å². The van der Waals surface area contributed by atoms with Crippen LogP contribution in [0.1, 0.15) is 0 Å². The van der Waals surface area contributed by atoms with Crippen LogP contribution in [0.15, 0.2) is 12.3 Å². The Balaban J connectivity index is 0.000000293. The second-order valence-corrected chi connectivity index (χ2v) is 4.38. The van der Waals surface area contributed by atoms with E-state index in [1.54, 1.807) is 6.26 Å². The van der Waals surface area contributed by atoms with E-state index in [9.17, 15) is 9.13 Å². The summed E-state index contributed by atoms with van der Waals surface area (Å²) in [6.07, 6.45) is 3.64. The second-order valence-electron chi connectivity index (χ2n) is 1.77. The molecule has 0 aliphatic carbocycles. The lowest BCUT2D eigenvalue weighted by molar-refractivity contribution is 0.225. The third-order valence-electron chi connectivity index (χ3n) is 0.598. The van der Waals surface area contributed by atoms with Gasteiger partial charge in [0.15, 0.2) is 0 Å². The summed E-state index contributed by atoms with van der Waals surface area (Å²) < 4.78 is 26.8. The number of phosphoric acid groups is 2. The normalized spacial score (nSPS) is 15.1. The maximum atomic E-state index is 9.63. The molecule has 8 nitrogen and oxygen atoms in total. The van der Waals surface area contributed by atoms with Crippen LogP contribution in [0.5, 0.6) is 0 Å². The number of hydrogen-bond donors (Lipinski definition) is 4. The zero-order valence-corrected chi connectivity index (χ0v) is 7.97. The first-order chi connectivity index (χ1) is 5.71. The Labute approximate surface area is 73.3 Å².